The highest BCUT2D eigenvalue weighted by Gasteiger charge is 2.26. The Morgan fingerprint density at radius 3 is 2.34 bits per heavy atom. The minimum atomic E-state index is -0.296. The van der Waals surface area contributed by atoms with E-state index in [1.807, 2.05) is 61.2 Å². The summed E-state index contributed by atoms with van der Waals surface area (Å²) >= 11 is 0. The van der Waals surface area contributed by atoms with Crippen molar-refractivity contribution in [3.63, 3.8) is 0 Å². The maximum absolute atomic E-state index is 13.1. The SMILES string of the molecule is Cc1ccc(C(=O)N2CC(C)CC(C)C2)cc1NC(=O)c1cc(C)n(-c2ccccc2)n1. The van der Waals surface area contributed by atoms with E-state index in [1.54, 1.807) is 16.8 Å². The smallest absolute Gasteiger partial charge is 0.276 e. The lowest BCUT2D eigenvalue weighted by molar-refractivity contribution is 0.0623. The number of likely N-dealkylation sites (tertiary alicyclic amines) is 1. The lowest BCUT2D eigenvalue weighted by Gasteiger charge is -2.35. The van der Waals surface area contributed by atoms with Crippen LogP contribution in [0.4, 0.5) is 5.69 Å². The van der Waals surface area contributed by atoms with Crippen LogP contribution in [0.2, 0.25) is 0 Å². The van der Waals surface area contributed by atoms with Crippen LogP contribution in [0.1, 0.15) is 52.4 Å². The number of carbonyl (C=O) groups is 2. The highest BCUT2D eigenvalue weighted by atomic mass is 16.2. The number of aromatic nitrogens is 2. The molecule has 0 saturated carbocycles. The molecule has 2 heterocycles. The average Bonchev–Trinajstić information content (AvgIpc) is 3.16. The van der Waals surface area contributed by atoms with Crippen molar-refractivity contribution in [3.05, 3.63) is 77.1 Å². The molecule has 32 heavy (non-hydrogen) atoms. The van der Waals surface area contributed by atoms with Crippen molar-refractivity contribution in [1.82, 2.24) is 14.7 Å². The number of carbonyl (C=O) groups excluding carboxylic acids is 2. The van der Waals surface area contributed by atoms with Crippen LogP contribution in [-0.4, -0.2) is 39.6 Å². The van der Waals surface area contributed by atoms with Gasteiger partial charge in [-0.05, 0) is 68.0 Å². The summed E-state index contributed by atoms with van der Waals surface area (Å²) in [7, 11) is 0. The molecule has 1 N–H and O–H groups in total. The summed E-state index contributed by atoms with van der Waals surface area (Å²) in [6, 6.07) is 17.0. The highest BCUT2D eigenvalue weighted by Crippen LogP contribution is 2.25. The Hall–Kier alpha value is -3.41. The van der Waals surface area contributed by atoms with Crippen molar-refractivity contribution < 1.29 is 9.59 Å². The summed E-state index contributed by atoms with van der Waals surface area (Å²) < 4.78 is 1.75. The number of hydrogen-bond acceptors (Lipinski definition) is 3. The van der Waals surface area contributed by atoms with Crippen LogP contribution in [0.5, 0.6) is 0 Å². The third-order valence-electron chi connectivity index (χ3n) is 6.01. The van der Waals surface area contributed by atoms with Gasteiger partial charge in [0.2, 0.25) is 0 Å². The molecule has 1 aromatic heterocycles. The van der Waals surface area contributed by atoms with Crippen molar-refractivity contribution in [3.8, 4) is 5.69 Å². The lowest BCUT2D eigenvalue weighted by Crippen LogP contribution is -2.42. The molecule has 0 bridgehead atoms. The van der Waals surface area contributed by atoms with Crippen LogP contribution in [0.25, 0.3) is 5.69 Å². The van der Waals surface area contributed by atoms with Gasteiger partial charge in [-0.2, -0.15) is 5.10 Å². The number of hydrogen-bond donors (Lipinski definition) is 1. The normalized spacial score (nSPS) is 18.4. The van der Waals surface area contributed by atoms with Gasteiger partial charge in [-0.1, -0.05) is 38.1 Å². The van der Waals surface area contributed by atoms with Crippen LogP contribution in [0.3, 0.4) is 0 Å². The molecule has 2 aromatic carbocycles. The molecule has 1 aliphatic rings. The summed E-state index contributed by atoms with van der Waals surface area (Å²) in [5.74, 6) is 0.712. The van der Waals surface area contributed by atoms with Crippen molar-refractivity contribution >= 4 is 17.5 Å². The van der Waals surface area contributed by atoms with Crippen molar-refractivity contribution in [2.24, 2.45) is 11.8 Å². The molecule has 2 atom stereocenters. The average molecular weight is 431 g/mol. The molecule has 2 unspecified atom stereocenters. The Kier molecular flexibility index (Phi) is 6.12. The lowest BCUT2D eigenvalue weighted by atomic mass is 9.91. The first kappa shape index (κ1) is 21.8. The van der Waals surface area contributed by atoms with Crippen molar-refractivity contribution in [2.45, 2.75) is 34.1 Å². The fourth-order valence-corrected chi connectivity index (χ4v) is 4.50. The minimum Gasteiger partial charge on any atom is -0.338 e. The Balaban J connectivity index is 1.54. The summed E-state index contributed by atoms with van der Waals surface area (Å²) in [5, 5.41) is 7.43. The van der Waals surface area contributed by atoms with Gasteiger partial charge >= 0.3 is 0 Å². The topological polar surface area (TPSA) is 67.2 Å². The largest absolute Gasteiger partial charge is 0.338 e. The van der Waals surface area contributed by atoms with Gasteiger partial charge in [0.1, 0.15) is 0 Å². The number of para-hydroxylation sites is 1. The molecule has 1 aliphatic heterocycles. The number of aryl methyl sites for hydroxylation is 2. The van der Waals surface area contributed by atoms with Crippen molar-refractivity contribution in [1.29, 1.82) is 0 Å². The van der Waals surface area contributed by atoms with E-state index in [0.29, 0.717) is 28.8 Å². The van der Waals surface area contributed by atoms with Gasteiger partial charge in [0.05, 0.1) is 5.69 Å². The molecule has 6 heteroatoms. The van der Waals surface area contributed by atoms with E-state index in [4.69, 9.17) is 0 Å². The maximum Gasteiger partial charge on any atom is 0.276 e. The Morgan fingerprint density at radius 2 is 1.66 bits per heavy atom. The van der Waals surface area contributed by atoms with Gasteiger partial charge in [0.15, 0.2) is 5.69 Å². The zero-order valence-electron chi connectivity index (χ0n) is 19.1. The van der Waals surface area contributed by atoms with E-state index in [9.17, 15) is 9.59 Å². The fraction of sp³-hybridized carbons (Fsp3) is 0.346. The predicted molar refractivity (Wildman–Crippen MR) is 126 cm³/mol. The second kappa shape index (κ2) is 8.99. The number of nitrogens with zero attached hydrogens (tertiary/aromatic N) is 3. The van der Waals surface area contributed by atoms with Gasteiger partial charge in [-0.15, -0.1) is 0 Å². The first-order chi connectivity index (χ1) is 15.3. The second-order valence-electron chi connectivity index (χ2n) is 9.06. The maximum atomic E-state index is 13.1. The fourth-order valence-electron chi connectivity index (χ4n) is 4.50. The first-order valence-corrected chi connectivity index (χ1v) is 11.1. The van der Waals surface area contributed by atoms with E-state index in [1.165, 1.54) is 0 Å². The molecule has 3 aromatic rings. The van der Waals surface area contributed by atoms with E-state index in [-0.39, 0.29) is 11.8 Å². The number of amides is 2. The van der Waals surface area contributed by atoms with E-state index >= 15 is 0 Å². The molecular formula is C26H30N4O2. The van der Waals surface area contributed by atoms with Crippen molar-refractivity contribution in [2.75, 3.05) is 18.4 Å². The Morgan fingerprint density at radius 1 is 0.969 bits per heavy atom. The molecule has 4 rings (SSSR count). The number of rotatable bonds is 4. The van der Waals surface area contributed by atoms with Crippen LogP contribution < -0.4 is 5.32 Å². The second-order valence-corrected chi connectivity index (χ2v) is 9.06. The Bertz CT molecular complexity index is 1130. The number of anilines is 1. The molecule has 6 nitrogen and oxygen atoms in total. The summed E-state index contributed by atoms with van der Waals surface area (Å²) in [5.41, 5.74) is 4.23. The molecule has 1 saturated heterocycles. The van der Waals surface area contributed by atoms with Gasteiger partial charge in [0, 0.05) is 30.0 Å². The number of piperidine rings is 1. The quantitative estimate of drug-likeness (QED) is 0.643. The molecule has 166 valence electrons. The highest BCUT2D eigenvalue weighted by molar-refractivity contribution is 6.04. The third kappa shape index (κ3) is 4.59. The van der Waals surface area contributed by atoms with Gasteiger partial charge in [-0.25, -0.2) is 4.68 Å². The van der Waals surface area contributed by atoms with Gasteiger partial charge in [0.25, 0.3) is 11.8 Å². The summed E-state index contributed by atoms with van der Waals surface area (Å²) in [4.78, 5) is 28.0. The predicted octanol–water partition coefficient (Wildman–Crippen LogP) is 4.86. The van der Waals surface area contributed by atoms with Crippen LogP contribution in [-0.2, 0) is 0 Å². The standard InChI is InChI=1S/C26H30N4O2/c1-17-12-18(2)16-29(15-17)26(32)21-11-10-19(3)23(14-21)27-25(31)24-13-20(4)30(28-24)22-8-6-5-7-9-22/h5-11,13-14,17-18H,12,15-16H2,1-4H3,(H,27,31). The molecule has 0 spiro atoms. The molecule has 0 aliphatic carbocycles. The van der Waals surface area contributed by atoms with Crippen LogP contribution in [0, 0.1) is 25.7 Å². The van der Waals surface area contributed by atoms with E-state index < -0.39 is 0 Å². The minimum absolute atomic E-state index is 0.0168. The van der Waals surface area contributed by atoms with Gasteiger partial charge in [-0.3, -0.25) is 9.59 Å². The third-order valence-corrected chi connectivity index (χ3v) is 6.01. The Labute approximate surface area is 189 Å². The molecule has 2 amide bonds. The monoisotopic (exact) mass is 430 g/mol. The van der Waals surface area contributed by atoms with Gasteiger partial charge < -0.3 is 10.2 Å². The van der Waals surface area contributed by atoms with Crippen LogP contribution in [0.15, 0.2) is 54.6 Å². The molecule has 0 radical (unpaired) electrons. The molecule has 1 fully saturated rings. The zero-order valence-corrected chi connectivity index (χ0v) is 19.1. The zero-order chi connectivity index (χ0) is 22.8. The first-order valence-electron chi connectivity index (χ1n) is 11.1. The summed E-state index contributed by atoms with van der Waals surface area (Å²) in [6.45, 7) is 9.76. The summed E-state index contributed by atoms with van der Waals surface area (Å²) in [6.07, 6.45) is 1.15. The number of nitrogens with one attached hydrogen (secondary N) is 1. The molecular weight excluding hydrogens is 400 g/mol. The van der Waals surface area contributed by atoms with E-state index in [2.05, 4.69) is 24.3 Å². The van der Waals surface area contributed by atoms with Crippen LogP contribution >= 0.6 is 0 Å². The van der Waals surface area contributed by atoms with E-state index in [0.717, 1.165) is 36.5 Å². The number of benzene rings is 2.